The lowest BCUT2D eigenvalue weighted by Gasteiger charge is -2.20. The topological polar surface area (TPSA) is 68.5 Å². The molecule has 3 aromatic rings. The molecule has 2 aromatic carbocycles. The molecule has 1 N–H and O–H groups in total. The zero-order valence-electron chi connectivity index (χ0n) is 17.2. The number of carbonyl (C=O) groups is 2. The van der Waals surface area contributed by atoms with Gasteiger partial charge in [-0.05, 0) is 48.7 Å². The van der Waals surface area contributed by atoms with Gasteiger partial charge in [0.2, 0.25) is 0 Å². The molecule has 1 heterocycles. The van der Waals surface area contributed by atoms with Crippen LogP contribution in [0.1, 0.15) is 47.8 Å². The SMILES string of the molecule is CCC(C)C(C(=O)O)c1c(C)n(C(=O)c2ccc(Br)cc2)c2cc(F)c(OC)cc12. The zero-order valence-corrected chi connectivity index (χ0v) is 18.8. The van der Waals surface area contributed by atoms with Gasteiger partial charge in [0, 0.05) is 27.2 Å². The minimum Gasteiger partial charge on any atom is -0.494 e. The van der Waals surface area contributed by atoms with Crippen LogP contribution >= 0.6 is 15.9 Å². The average Bonchev–Trinajstić information content (AvgIpc) is 2.98. The Morgan fingerprint density at radius 3 is 2.40 bits per heavy atom. The van der Waals surface area contributed by atoms with E-state index in [1.54, 1.807) is 31.2 Å². The van der Waals surface area contributed by atoms with Crippen LogP contribution in [0.3, 0.4) is 0 Å². The van der Waals surface area contributed by atoms with E-state index < -0.39 is 17.7 Å². The van der Waals surface area contributed by atoms with Crippen molar-refractivity contribution in [2.75, 3.05) is 7.11 Å². The molecular weight excluding hydrogens is 453 g/mol. The maximum absolute atomic E-state index is 14.6. The van der Waals surface area contributed by atoms with Gasteiger partial charge in [-0.2, -0.15) is 0 Å². The summed E-state index contributed by atoms with van der Waals surface area (Å²) in [4.78, 5) is 25.5. The monoisotopic (exact) mass is 475 g/mol. The Kier molecular flexibility index (Phi) is 6.31. The molecule has 0 bridgehead atoms. The molecule has 0 spiro atoms. The van der Waals surface area contributed by atoms with E-state index in [2.05, 4.69) is 15.9 Å². The molecular formula is C23H23BrFNO4. The predicted octanol–water partition coefficient (Wildman–Crippen LogP) is 5.76. The van der Waals surface area contributed by atoms with Gasteiger partial charge in [0.05, 0.1) is 18.5 Å². The molecule has 0 aliphatic heterocycles. The molecule has 0 saturated carbocycles. The maximum Gasteiger partial charge on any atom is 0.311 e. The van der Waals surface area contributed by atoms with Crippen molar-refractivity contribution in [1.29, 1.82) is 0 Å². The first kappa shape index (κ1) is 22.0. The van der Waals surface area contributed by atoms with Crippen molar-refractivity contribution in [3.05, 3.63) is 63.5 Å². The van der Waals surface area contributed by atoms with Crippen molar-refractivity contribution in [3.63, 3.8) is 0 Å². The van der Waals surface area contributed by atoms with Crippen molar-refractivity contribution >= 4 is 38.7 Å². The number of fused-ring (bicyclic) bond motifs is 1. The number of aromatic nitrogens is 1. The number of carboxylic acid groups (broad SMARTS) is 1. The van der Waals surface area contributed by atoms with Gasteiger partial charge in [-0.25, -0.2) is 4.39 Å². The number of hydrogen-bond donors (Lipinski definition) is 1. The molecule has 0 amide bonds. The van der Waals surface area contributed by atoms with E-state index >= 15 is 0 Å². The molecule has 0 fully saturated rings. The normalized spacial score (nSPS) is 13.3. The summed E-state index contributed by atoms with van der Waals surface area (Å²) in [5.41, 5.74) is 1.73. The Bertz CT molecular complexity index is 1120. The number of carboxylic acids is 1. The minimum absolute atomic E-state index is 0.00489. The smallest absolute Gasteiger partial charge is 0.311 e. The third-order valence-electron chi connectivity index (χ3n) is 5.61. The fourth-order valence-corrected chi connectivity index (χ4v) is 4.12. The number of benzene rings is 2. The molecule has 0 saturated heterocycles. The summed E-state index contributed by atoms with van der Waals surface area (Å²) in [5, 5.41) is 10.5. The summed E-state index contributed by atoms with van der Waals surface area (Å²) >= 11 is 3.35. The zero-order chi connectivity index (χ0) is 22.2. The molecule has 0 radical (unpaired) electrons. The Hall–Kier alpha value is -2.67. The second-order valence-corrected chi connectivity index (χ2v) is 8.27. The number of nitrogens with zero attached hydrogens (tertiary/aromatic N) is 1. The summed E-state index contributed by atoms with van der Waals surface area (Å²) in [6.45, 7) is 5.48. The summed E-state index contributed by atoms with van der Waals surface area (Å²) < 4.78 is 21.9. The van der Waals surface area contributed by atoms with Gasteiger partial charge in [0.25, 0.3) is 5.91 Å². The van der Waals surface area contributed by atoms with Crippen LogP contribution in [0.15, 0.2) is 40.9 Å². The van der Waals surface area contributed by atoms with E-state index in [4.69, 9.17) is 4.74 Å². The average molecular weight is 476 g/mol. The van der Waals surface area contributed by atoms with Crippen LogP contribution in [0.25, 0.3) is 10.9 Å². The third kappa shape index (κ3) is 3.74. The van der Waals surface area contributed by atoms with Crippen LogP contribution in [-0.4, -0.2) is 28.7 Å². The fraction of sp³-hybridized carbons (Fsp3) is 0.304. The number of rotatable bonds is 6. The van der Waals surface area contributed by atoms with Gasteiger partial charge in [-0.15, -0.1) is 0 Å². The maximum atomic E-state index is 14.6. The highest BCUT2D eigenvalue weighted by Crippen LogP contribution is 2.39. The molecule has 2 atom stereocenters. The van der Waals surface area contributed by atoms with Crippen molar-refractivity contribution in [3.8, 4) is 5.75 Å². The van der Waals surface area contributed by atoms with Gasteiger partial charge in [-0.1, -0.05) is 36.2 Å². The first-order chi connectivity index (χ1) is 14.2. The van der Waals surface area contributed by atoms with E-state index in [-0.39, 0.29) is 17.6 Å². The quantitative estimate of drug-likeness (QED) is 0.491. The standard InChI is InChI=1S/C23H23BrFNO4/c1-5-12(2)20(23(28)29)21-13(3)26(22(27)14-6-8-15(24)9-7-14)18-11-17(25)19(30-4)10-16(18)21/h6-12,20H,5H2,1-4H3,(H,28,29). The van der Waals surface area contributed by atoms with E-state index in [0.29, 0.717) is 34.1 Å². The number of ether oxygens (including phenoxy) is 1. The van der Waals surface area contributed by atoms with E-state index in [0.717, 1.165) is 4.47 Å². The van der Waals surface area contributed by atoms with E-state index in [9.17, 15) is 19.1 Å². The first-order valence-corrected chi connectivity index (χ1v) is 10.4. The number of halogens is 2. The Balaban J connectivity index is 2.36. The van der Waals surface area contributed by atoms with Crippen LogP contribution in [0.5, 0.6) is 5.75 Å². The first-order valence-electron chi connectivity index (χ1n) is 9.62. The van der Waals surface area contributed by atoms with Crippen LogP contribution in [0.4, 0.5) is 4.39 Å². The fourth-order valence-electron chi connectivity index (χ4n) is 3.86. The Labute approximate surface area is 182 Å². The summed E-state index contributed by atoms with van der Waals surface area (Å²) in [5.74, 6) is -2.97. The number of methoxy groups -OCH3 is 1. The highest BCUT2D eigenvalue weighted by Gasteiger charge is 2.33. The van der Waals surface area contributed by atoms with Crippen molar-refractivity contribution < 1.29 is 23.8 Å². The summed E-state index contributed by atoms with van der Waals surface area (Å²) in [6.07, 6.45) is 0.641. The lowest BCUT2D eigenvalue weighted by Crippen LogP contribution is -2.21. The van der Waals surface area contributed by atoms with Crippen LogP contribution < -0.4 is 4.74 Å². The van der Waals surface area contributed by atoms with Crippen LogP contribution in [0.2, 0.25) is 0 Å². The molecule has 2 unspecified atom stereocenters. The minimum atomic E-state index is -0.981. The molecule has 7 heteroatoms. The Morgan fingerprint density at radius 1 is 1.23 bits per heavy atom. The van der Waals surface area contributed by atoms with E-state index in [1.807, 2.05) is 13.8 Å². The van der Waals surface area contributed by atoms with Gasteiger partial charge >= 0.3 is 5.97 Å². The molecule has 158 valence electrons. The molecule has 5 nitrogen and oxygen atoms in total. The number of carbonyl (C=O) groups excluding carboxylic acids is 1. The van der Waals surface area contributed by atoms with Crippen molar-refractivity contribution in [1.82, 2.24) is 4.57 Å². The van der Waals surface area contributed by atoms with Gasteiger partial charge in [-0.3, -0.25) is 14.2 Å². The third-order valence-corrected chi connectivity index (χ3v) is 6.14. The number of aliphatic carboxylic acids is 1. The van der Waals surface area contributed by atoms with Gasteiger partial charge < -0.3 is 9.84 Å². The molecule has 1 aromatic heterocycles. The van der Waals surface area contributed by atoms with Crippen LogP contribution in [-0.2, 0) is 4.79 Å². The molecule has 0 aliphatic carbocycles. The van der Waals surface area contributed by atoms with Crippen molar-refractivity contribution in [2.45, 2.75) is 33.1 Å². The van der Waals surface area contributed by atoms with Gasteiger partial charge in [0.1, 0.15) is 0 Å². The largest absolute Gasteiger partial charge is 0.494 e. The second-order valence-electron chi connectivity index (χ2n) is 7.35. The molecule has 3 rings (SSSR count). The predicted molar refractivity (Wildman–Crippen MR) is 117 cm³/mol. The highest BCUT2D eigenvalue weighted by molar-refractivity contribution is 9.10. The summed E-state index contributed by atoms with van der Waals surface area (Å²) in [7, 11) is 1.35. The lowest BCUT2D eigenvalue weighted by molar-refractivity contribution is -0.140. The lowest BCUT2D eigenvalue weighted by atomic mass is 9.84. The van der Waals surface area contributed by atoms with Crippen LogP contribution in [0, 0.1) is 18.7 Å². The Morgan fingerprint density at radius 2 is 1.87 bits per heavy atom. The second kappa shape index (κ2) is 8.60. The molecule has 0 aliphatic rings. The van der Waals surface area contributed by atoms with E-state index in [1.165, 1.54) is 23.8 Å². The van der Waals surface area contributed by atoms with Gasteiger partial charge in [0.15, 0.2) is 11.6 Å². The number of hydrogen-bond acceptors (Lipinski definition) is 3. The highest BCUT2D eigenvalue weighted by atomic mass is 79.9. The summed E-state index contributed by atoms with van der Waals surface area (Å²) in [6, 6.07) is 9.55. The van der Waals surface area contributed by atoms with Crippen molar-refractivity contribution in [2.24, 2.45) is 5.92 Å². The molecule has 30 heavy (non-hydrogen) atoms.